The lowest BCUT2D eigenvalue weighted by Gasteiger charge is -2.40. The minimum absolute atomic E-state index is 0.357. The number of piperidine rings is 1. The van der Waals surface area contributed by atoms with Gasteiger partial charge in [-0.3, -0.25) is 9.58 Å². The van der Waals surface area contributed by atoms with Crippen LogP contribution in [0.2, 0.25) is 0 Å². The lowest BCUT2D eigenvalue weighted by molar-refractivity contribution is -0.0117. The third-order valence-electron chi connectivity index (χ3n) is 5.80. The zero-order valence-electron chi connectivity index (χ0n) is 15.0. The van der Waals surface area contributed by atoms with E-state index in [-0.39, 0.29) is 0 Å². The molecule has 3 heterocycles. The minimum atomic E-state index is 0.357. The van der Waals surface area contributed by atoms with E-state index in [4.69, 9.17) is 11.2 Å². The van der Waals surface area contributed by atoms with Crippen LogP contribution in [-0.2, 0) is 11.3 Å². The molecule has 0 aliphatic carbocycles. The number of nitrogens with zero attached hydrogens (tertiary/aromatic N) is 3. The number of benzene rings is 1. The highest BCUT2D eigenvalue weighted by atomic mass is 16.5. The van der Waals surface area contributed by atoms with Gasteiger partial charge in [-0.2, -0.15) is 5.10 Å². The van der Waals surface area contributed by atoms with Crippen molar-refractivity contribution in [3.05, 3.63) is 30.5 Å². The maximum absolute atomic E-state index is 5.82. The third-order valence-corrected chi connectivity index (χ3v) is 5.80. The Bertz CT molecular complexity index is 748. The summed E-state index contributed by atoms with van der Waals surface area (Å²) in [6.45, 7) is 4.91. The van der Waals surface area contributed by atoms with Gasteiger partial charge in [-0.1, -0.05) is 31.0 Å². The first-order valence-electron chi connectivity index (χ1n) is 9.46. The summed E-state index contributed by atoms with van der Waals surface area (Å²) in [5.74, 6) is 3.18. The third kappa shape index (κ3) is 3.44. The molecule has 1 unspecified atom stereocenters. The van der Waals surface area contributed by atoms with Crippen LogP contribution >= 0.6 is 0 Å². The van der Waals surface area contributed by atoms with Gasteiger partial charge in [0.1, 0.15) is 6.61 Å². The maximum atomic E-state index is 5.82. The largest absolute Gasteiger partial charge is 0.365 e. The number of rotatable bonds is 6. The quantitative estimate of drug-likeness (QED) is 0.758. The summed E-state index contributed by atoms with van der Waals surface area (Å²) >= 11 is 0. The second-order valence-corrected chi connectivity index (χ2v) is 7.68. The Labute approximate surface area is 150 Å². The predicted molar refractivity (Wildman–Crippen MR) is 100 cm³/mol. The molecule has 1 aromatic heterocycles. The van der Waals surface area contributed by atoms with Gasteiger partial charge in [-0.15, -0.1) is 6.42 Å². The van der Waals surface area contributed by atoms with E-state index in [1.807, 2.05) is 6.20 Å². The summed E-state index contributed by atoms with van der Waals surface area (Å²) in [4.78, 5) is 2.73. The van der Waals surface area contributed by atoms with Crippen LogP contribution in [0, 0.1) is 18.3 Å². The Morgan fingerprint density at radius 2 is 2.00 bits per heavy atom. The molecule has 2 aliphatic heterocycles. The second kappa shape index (κ2) is 7.19. The van der Waals surface area contributed by atoms with Gasteiger partial charge in [-0.05, 0) is 37.7 Å². The van der Waals surface area contributed by atoms with E-state index in [0.29, 0.717) is 30.7 Å². The zero-order chi connectivity index (χ0) is 17.2. The van der Waals surface area contributed by atoms with Crippen molar-refractivity contribution in [2.75, 3.05) is 13.2 Å². The van der Waals surface area contributed by atoms with Crippen molar-refractivity contribution in [3.8, 4) is 12.3 Å². The molecule has 2 fully saturated rings. The molecule has 1 aromatic carbocycles. The molecule has 4 nitrogen and oxygen atoms in total. The van der Waals surface area contributed by atoms with Crippen molar-refractivity contribution in [3.63, 3.8) is 0 Å². The van der Waals surface area contributed by atoms with Crippen LogP contribution in [0.15, 0.2) is 30.5 Å². The number of hydrogen-bond donors (Lipinski definition) is 0. The number of hydrogen-bond acceptors (Lipinski definition) is 3. The van der Waals surface area contributed by atoms with E-state index >= 15 is 0 Å². The first kappa shape index (κ1) is 16.6. The van der Waals surface area contributed by atoms with Gasteiger partial charge in [0.05, 0.1) is 17.8 Å². The lowest BCUT2D eigenvalue weighted by Crippen LogP contribution is -2.47. The molecule has 0 radical (unpaired) electrons. The molecule has 2 aromatic rings. The Kier molecular flexibility index (Phi) is 4.78. The number of ether oxygens (including phenoxy) is 1. The minimum Gasteiger partial charge on any atom is -0.365 e. The molecule has 132 valence electrons. The van der Waals surface area contributed by atoms with Crippen LogP contribution < -0.4 is 0 Å². The Morgan fingerprint density at radius 3 is 2.76 bits per heavy atom. The van der Waals surface area contributed by atoms with E-state index in [2.05, 4.69) is 51.8 Å². The molecule has 0 N–H and O–H groups in total. The molecule has 0 amide bonds. The lowest BCUT2D eigenvalue weighted by atomic mass is 9.98. The molecular weight excluding hydrogens is 310 g/mol. The smallest absolute Gasteiger partial charge is 0.107 e. The Balaban J connectivity index is 1.37. The van der Waals surface area contributed by atoms with Crippen LogP contribution in [0.3, 0.4) is 0 Å². The van der Waals surface area contributed by atoms with E-state index in [1.165, 1.54) is 23.7 Å². The number of para-hydroxylation sites is 1. The first-order valence-corrected chi connectivity index (χ1v) is 9.46. The fourth-order valence-corrected chi connectivity index (χ4v) is 4.71. The van der Waals surface area contributed by atoms with Crippen LogP contribution in [0.4, 0.5) is 0 Å². The van der Waals surface area contributed by atoms with Crippen LogP contribution in [0.25, 0.3) is 10.9 Å². The SMILES string of the molecule is C#CCOC1C[C@H]2CC[C@@H](C1)N2C[C@@H](C)Cn1ncc2ccccc21. The van der Waals surface area contributed by atoms with Gasteiger partial charge >= 0.3 is 0 Å². The second-order valence-electron chi connectivity index (χ2n) is 7.68. The molecule has 25 heavy (non-hydrogen) atoms. The molecule has 2 saturated heterocycles. The van der Waals surface area contributed by atoms with Crippen molar-refractivity contribution in [2.45, 2.75) is 57.3 Å². The van der Waals surface area contributed by atoms with E-state index < -0.39 is 0 Å². The van der Waals surface area contributed by atoms with Crippen LogP contribution in [-0.4, -0.2) is 46.0 Å². The van der Waals surface area contributed by atoms with Gasteiger partial charge in [-0.25, -0.2) is 0 Å². The molecule has 4 heteroatoms. The maximum Gasteiger partial charge on any atom is 0.107 e. The van der Waals surface area contributed by atoms with Gasteiger partial charge in [0.15, 0.2) is 0 Å². The van der Waals surface area contributed by atoms with Crippen molar-refractivity contribution in [1.82, 2.24) is 14.7 Å². The van der Waals surface area contributed by atoms with Gasteiger partial charge in [0, 0.05) is 30.6 Å². The summed E-state index contributed by atoms with van der Waals surface area (Å²) in [6.07, 6.45) is 12.5. The van der Waals surface area contributed by atoms with Crippen molar-refractivity contribution in [1.29, 1.82) is 0 Å². The molecule has 4 rings (SSSR count). The highest BCUT2D eigenvalue weighted by Crippen LogP contribution is 2.37. The zero-order valence-corrected chi connectivity index (χ0v) is 15.0. The highest BCUT2D eigenvalue weighted by molar-refractivity contribution is 5.78. The van der Waals surface area contributed by atoms with Crippen molar-refractivity contribution in [2.24, 2.45) is 5.92 Å². The molecule has 2 aliphatic rings. The van der Waals surface area contributed by atoms with Crippen LogP contribution in [0.1, 0.15) is 32.6 Å². The summed E-state index contributed by atoms with van der Waals surface area (Å²) in [5.41, 5.74) is 1.23. The van der Waals surface area contributed by atoms with Gasteiger partial charge in [0.25, 0.3) is 0 Å². The first-order chi connectivity index (χ1) is 12.2. The van der Waals surface area contributed by atoms with Gasteiger partial charge < -0.3 is 4.74 Å². The fourth-order valence-electron chi connectivity index (χ4n) is 4.71. The van der Waals surface area contributed by atoms with E-state index in [0.717, 1.165) is 25.9 Å². The average Bonchev–Trinajstić information content (AvgIpc) is 3.11. The van der Waals surface area contributed by atoms with E-state index in [9.17, 15) is 0 Å². The van der Waals surface area contributed by atoms with Crippen molar-refractivity contribution >= 4 is 10.9 Å². The van der Waals surface area contributed by atoms with Crippen LogP contribution in [0.5, 0.6) is 0 Å². The summed E-state index contributed by atoms with van der Waals surface area (Å²) < 4.78 is 7.98. The highest BCUT2D eigenvalue weighted by Gasteiger charge is 2.41. The predicted octanol–water partition coefficient (Wildman–Crippen LogP) is 3.32. The molecule has 0 saturated carbocycles. The molecule has 4 atom stereocenters. The fraction of sp³-hybridized carbons (Fsp3) is 0.571. The number of fused-ring (bicyclic) bond motifs is 3. The molecular formula is C21H27N3O. The topological polar surface area (TPSA) is 30.3 Å². The average molecular weight is 337 g/mol. The Morgan fingerprint density at radius 1 is 1.24 bits per heavy atom. The van der Waals surface area contributed by atoms with E-state index in [1.54, 1.807) is 0 Å². The number of aromatic nitrogens is 2. The summed E-state index contributed by atoms with van der Waals surface area (Å²) in [7, 11) is 0. The van der Waals surface area contributed by atoms with Gasteiger partial charge in [0.2, 0.25) is 0 Å². The standard InChI is InChI=1S/C21H27N3O/c1-3-10-25-20-11-18-8-9-19(12-20)23(18)14-16(2)15-24-21-7-5-4-6-17(21)13-22-24/h1,4-7,13,16,18-20H,8-12,14-15H2,2H3/t16-,18-,19+,20?/m1/s1. The number of terminal acetylenes is 1. The monoisotopic (exact) mass is 337 g/mol. The van der Waals surface area contributed by atoms with Crippen molar-refractivity contribution < 1.29 is 4.74 Å². The normalized spacial score (nSPS) is 27.4. The summed E-state index contributed by atoms with van der Waals surface area (Å²) in [6, 6.07) is 9.78. The Hall–Kier alpha value is -1.83. The molecule has 0 spiro atoms. The molecule has 2 bridgehead atoms. The summed E-state index contributed by atoms with van der Waals surface area (Å²) in [5, 5.41) is 5.81.